The van der Waals surface area contributed by atoms with E-state index in [1.165, 1.54) is 19.3 Å². The summed E-state index contributed by atoms with van der Waals surface area (Å²) in [7, 11) is 0. The van der Waals surface area contributed by atoms with E-state index in [1.807, 2.05) is 18.2 Å². The van der Waals surface area contributed by atoms with Gasteiger partial charge in [0.15, 0.2) is 0 Å². The maximum absolute atomic E-state index is 6.02. The van der Waals surface area contributed by atoms with Crippen molar-refractivity contribution in [3.05, 3.63) is 28.8 Å². The summed E-state index contributed by atoms with van der Waals surface area (Å²) in [6.07, 6.45) is 3.79. The lowest BCUT2D eigenvalue weighted by atomic mass is 9.94. The highest BCUT2D eigenvalue weighted by Crippen LogP contribution is 2.29. The van der Waals surface area contributed by atoms with E-state index < -0.39 is 0 Å². The number of hydrogen-bond donors (Lipinski definition) is 1. The molecule has 1 aromatic rings. The highest BCUT2D eigenvalue weighted by Gasteiger charge is 2.21. The minimum absolute atomic E-state index is 0.422. The first kappa shape index (κ1) is 13.6. The minimum atomic E-state index is 0.422. The molecule has 2 rings (SSSR count). The Morgan fingerprint density at radius 2 is 2.33 bits per heavy atom. The molecule has 18 heavy (non-hydrogen) atoms. The molecule has 0 radical (unpaired) electrons. The van der Waals surface area contributed by atoms with Gasteiger partial charge in [-0.3, -0.25) is 0 Å². The normalized spacial score (nSPS) is 19.9. The molecule has 1 unspecified atom stereocenters. The first-order valence-corrected chi connectivity index (χ1v) is 7.24. The third-order valence-corrected chi connectivity index (χ3v) is 4.12. The number of rotatable bonds is 3. The Morgan fingerprint density at radius 3 is 3.00 bits per heavy atom. The zero-order valence-electron chi connectivity index (χ0n) is 10.7. The van der Waals surface area contributed by atoms with Crippen LogP contribution in [-0.2, 0) is 0 Å². The summed E-state index contributed by atoms with van der Waals surface area (Å²) in [5.74, 6) is 0.772. The van der Waals surface area contributed by atoms with Crippen molar-refractivity contribution >= 4 is 34.5 Å². The van der Waals surface area contributed by atoms with Crippen LogP contribution in [0.1, 0.15) is 31.7 Å². The summed E-state index contributed by atoms with van der Waals surface area (Å²) < 4.78 is 0. The standard InChI is InChI=1S/C14H19ClN2S/c1-2-10-4-3-7-17(9-10)13-6-5-11(15)8-12(13)14(16)18/h5-6,8,10H,2-4,7,9H2,1H3,(H2,16,18). The molecule has 0 amide bonds. The Hall–Kier alpha value is -0.800. The van der Waals surface area contributed by atoms with Gasteiger partial charge in [0, 0.05) is 29.4 Å². The molecule has 2 nitrogen and oxygen atoms in total. The molecular formula is C14H19ClN2S. The van der Waals surface area contributed by atoms with Gasteiger partial charge in [0.1, 0.15) is 4.99 Å². The number of thiocarbonyl (C=S) groups is 1. The van der Waals surface area contributed by atoms with Crippen molar-refractivity contribution < 1.29 is 0 Å². The number of halogens is 1. The molecule has 98 valence electrons. The van der Waals surface area contributed by atoms with E-state index in [2.05, 4.69) is 11.8 Å². The van der Waals surface area contributed by atoms with Gasteiger partial charge >= 0.3 is 0 Å². The first-order chi connectivity index (χ1) is 8.61. The molecule has 0 spiro atoms. The number of hydrogen-bond acceptors (Lipinski definition) is 2. The second kappa shape index (κ2) is 5.89. The van der Waals surface area contributed by atoms with Crippen LogP contribution in [0.5, 0.6) is 0 Å². The van der Waals surface area contributed by atoms with E-state index in [-0.39, 0.29) is 0 Å². The van der Waals surface area contributed by atoms with Gasteiger partial charge in [0.05, 0.1) is 0 Å². The summed E-state index contributed by atoms with van der Waals surface area (Å²) in [6.45, 7) is 4.42. The molecule has 1 atom stereocenters. The predicted molar refractivity (Wildman–Crippen MR) is 82.6 cm³/mol. The number of benzene rings is 1. The summed E-state index contributed by atoms with van der Waals surface area (Å²) >= 11 is 11.2. The largest absolute Gasteiger partial charge is 0.389 e. The van der Waals surface area contributed by atoms with Crippen LogP contribution in [0, 0.1) is 5.92 Å². The van der Waals surface area contributed by atoms with Gasteiger partial charge in [-0.25, -0.2) is 0 Å². The maximum Gasteiger partial charge on any atom is 0.106 e. The Morgan fingerprint density at radius 1 is 1.56 bits per heavy atom. The zero-order valence-corrected chi connectivity index (χ0v) is 12.2. The van der Waals surface area contributed by atoms with E-state index in [0.717, 1.165) is 30.3 Å². The second-order valence-corrected chi connectivity index (χ2v) is 5.76. The van der Waals surface area contributed by atoms with Gasteiger partial charge in [-0.1, -0.05) is 37.2 Å². The van der Waals surface area contributed by atoms with Crippen LogP contribution in [0.25, 0.3) is 0 Å². The highest BCUT2D eigenvalue weighted by atomic mass is 35.5. The molecule has 1 saturated heterocycles. The minimum Gasteiger partial charge on any atom is -0.389 e. The summed E-state index contributed by atoms with van der Waals surface area (Å²) in [6, 6.07) is 5.82. The molecule has 1 aliphatic rings. The molecular weight excluding hydrogens is 264 g/mol. The van der Waals surface area contributed by atoms with Gasteiger partial charge in [-0.05, 0) is 37.0 Å². The molecule has 1 aliphatic heterocycles. The Kier molecular flexibility index (Phi) is 4.46. The zero-order chi connectivity index (χ0) is 13.1. The van der Waals surface area contributed by atoms with E-state index in [0.29, 0.717) is 10.0 Å². The molecule has 0 aromatic heterocycles. The van der Waals surface area contributed by atoms with Gasteiger partial charge in [0.2, 0.25) is 0 Å². The van der Waals surface area contributed by atoms with Crippen LogP contribution < -0.4 is 10.6 Å². The van der Waals surface area contributed by atoms with Gasteiger partial charge in [0.25, 0.3) is 0 Å². The second-order valence-electron chi connectivity index (χ2n) is 4.89. The monoisotopic (exact) mass is 282 g/mol. The molecule has 0 saturated carbocycles. The molecule has 1 aromatic carbocycles. The summed E-state index contributed by atoms with van der Waals surface area (Å²) in [5.41, 5.74) is 7.83. The highest BCUT2D eigenvalue weighted by molar-refractivity contribution is 7.80. The average molecular weight is 283 g/mol. The SMILES string of the molecule is CCC1CCCN(c2ccc(Cl)cc2C(N)=S)C1. The smallest absolute Gasteiger partial charge is 0.106 e. The summed E-state index contributed by atoms with van der Waals surface area (Å²) in [4.78, 5) is 2.81. The van der Waals surface area contributed by atoms with Crippen molar-refractivity contribution in [3.8, 4) is 0 Å². The van der Waals surface area contributed by atoms with Gasteiger partial charge in [-0.15, -0.1) is 0 Å². The number of anilines is 1. The first-order valence-electron chi connectivity index (χ1n) is 6.46. The summed E-state index contributed by atoms with van der Waals surface area (Å²) in [5, 5.41) is 0.686. The van der Waals surface area contributed by atoms with Crippen LogP contribution in [0.4, 0.5) is 5.69 Å². The molecule has 0 bridgehead atoms. The van der Waals surface area contributed by atoms with Crippen molar-refractivity contribution in [2.24, 2.45) is 11.7 Å². The van der Waals surface area contributed by atoms with Gasteiger partial charge < -0.3 is 10.6 Å². The van der Waals surface area contributed by atoms with E-state index in [4.69, 9.17) is 29.6 Å². The fourth-order valence-corrected chi connectivity index (χ4v) is 2.93. The van der Waals surface area contributed by atoms with E-state index >= 15 is 0 Å². The molecule has 2 N–H and O–H groups in total. The number of nitrogens with zero attached hydrogens (tertiary/aromatic N) is 1. The lowest BCUT2D eigenvalue weighted by Crippen LogP contribution is -2.36. The molecule has 1 heterocycles. The molecule has 1 fully saturated rings. The Balaban J connectivity index is 2.29. The van der Waals surface area contributed by atoms with Crippen LogP contribution in [0.3, 0.4) is 0 Å². The van der Waals surface area contributed by atoms with Crippen molar-refractivity contribution in [3.63, 3.8) is 0 Å². The predicted octanol–water partition coefficient (Wildman–Crippen LogP) is 3.60. The maximum atomic E-state index is 6.02. The van der Waals surface area contributed by atoms with Crippen LogP contribution >= 0.6 is 23.8 Å². The molecule has 4 heteroatoms. The third-order valence-electron chi connectivity index (χ3n) is 3.66. The lowest BCUT2D eigenvalue weighted by molar-refractivity contribution is 0.404. The number of nitrogens with two attached hydrogens (primary N) is 1. The lowest BCUT2D eigenvalue weighted by Gasteiger charge is -2.35. The van der Waals surface area contributed by atoms with Crippen LogP contribution in [0.2, 0.25) is 5.02 Å². The fourth-order valence-electron chi connectivity index (χ4n) is 2.60. The van der Waals surface area contributed by atoms with Gasteiger partial charge in [-0.2, -0.15) is 0 Å². The Labute approximate surface area is 119 Å². The third kappa shape index (κ3) is 2.96. The van der Waals surface area contributed by atoms with Crippen molar-refractivity contribution in [2.45, 2.75) is 26.2 Å². The topological polar surface area (TPSA) is 29.3 Å². The Bertz CT molecular complexity index is 447. The van der Waals surface area contributed by atoms with Crippen molar-refractivity contribution in [1.82, 2.24) is 0 Å². The van der Waals surface area contributed by atoms with E-state index in [1.54, 1.807) is 0 Å². The molecule has 0 aliphatic carbocycles. The average Bonchev–Trinajstić information content (AvgIpc) is 2.38. The van der Waals surface area contributed by atoms with E-state index in [9.17, 15) is 0 Å². The fraction of sp³-hybridized carbons (Fsp3) is 0.500. The van der Waals surface area contributed by atoms with Crippen LogP contribution in [0.15, 0.2) is 18.2 Å². The van der Waals surface area contributed by atoms with Crippen molar-refractivity contribution in [2.75, 3.05) is 18.0 Å². The van der Waals surface area contributed by atoms with Crippen molar-refractivity contribution in [1.29, 1.82) is 0 Å². The number of piperidine rings is 1. The quantitative estimate of drug-likeness (QED) is 0.859. The van der Waals surface area contributed by atoms with Crippen LogP contribution in [-0.4, -0.2) is 18.1 Å².